The number of Topliss-reactive ketones (excluding diaryl/α,β-unsaturated/α-hetero) is 1. The Bertz CT molecular complexity index is 313. The van der Waals surface area contributed by atoms with Gasteiger partial charge in [0.1, 0.15) is 5.78 Å². The van der Waals surface area contributed by atoms with E-state index in [2.05, 4.69) is 6.58 Å². The average Bonchev–Trinajstić information content (AvgIpc) is 2.44. The lowest BCUT2D eigenvalue weighted by Crippen LogP contribution is -2.29. The van der Waals surface area contributed by atoms with Gasteiger partial charge in [0.2, 0.25) is 6.54 Å². The predicted molar refractivity (Wildman–Crippen MR) is 61.7 cm³/mol. The van der Waals surface area contributed by atoms with E-state index in [0.29, 0.717) is 6.42 Å². The summed E-state index contributed by atoms with van der Waals surface area (Å²) in [5.41, 5.74) is -0.394. The average molecular weight is 225 g/mol. The van der Waals surface area contributed by atoms with Gasteiger partial charge in [-0.15, -0.1) is 6.58 Å². The summed E-state index contributed by atoms with van der Waals surface area (Å²) in [6.07, 6.45) is 3.98. The van der Waals surface area contributed by atoms with Crippen molar-refractivity contribution in [1.29, 1.82) is 0 Å². The van der Waals surface area contributed by atoms with Gasteiger partial charge in [0.25, 0.3) is 0 Å². The molecule has 0 heterocycles. The molecule has 1 rings (SSSR count). The van der Waals surface area contributed by atoms with Gasteiger partial charge in [-0.1, -0.05) is 13.0 Å². The highest BCUT2D eigenvalue weighted by atomic mass is 16.6. The molecule has 0 aromatic rings. The van der Waals surface area contributed by atoms with Crippen molar-refractivity contribution in [2.75, 3.05) is 6.54 Å². The van der Waals surface area contributed by atoms with E-state index in [-0.39, 0.29) is 29.1 Å². The van der Waals surface area contributed by atoms with Crippen LogP contribution < -0.4 is 0 Å². The van der Waals surface area contributed by atoms with Gasteiger partial charge in [0.15, 0.2) is 0 Å². The molecule has 1 saturated carbocycles. The highest BCUT2D eigenvalue weighted by Gasteiger charge is 2.47. The van der Waals surface area contributed by atoms with Crippen LogP contribution in [-0.4, -0.2) is 17.3 Å². The zero-order valence-corrected chi connectivity index (χ0v) is 9.94. The Labute approximate surface area is 95.9 Å². The monoisotopic (exact) mass is 225 g/mol. The number of allylic oxidation sites excluding steroid dienone is 1. The molecular weight excluding hydrogens is 206 g/mol. The van der Waals surface area contributed by atoms with E-state index in [4.69, 9.17) is 0 Å². The van der Waals surface area contributed by atoms with Crippen molar-refractivity contribution in [3.8, 4) is 0 Å². The summed E-state index contributed by atoms with van der Waals surface area (Å²) in [5.74, 6) is 0.395. The third-order valence-electron chi connectivity index (χ3n) is 3.89. The van der Waals surface area contributed by atoms with Crippen LogP contribution in [0.5, 0.6) is 0 Å². The molecule has 0 aliphatic heterocycles. The van der Waals surface area contributed by atoms with Crippen LogP contribution in [0.2, 0.25) is 0 Å². The molecule has 0 bridgehead atoms. The van der Waals surface area contributed by atoms with Crippen molar-refractivity contribution < 1.29 is 9.72 Å². The molecule has 1 aliphatic carbocycles. The Balaban J connectivity index is 2.79. The molecule has 0 aromatic heterocycles. The molecule has 16 heavy (non-hydrogen) atoms. The normalized spacial score (nSPS) is 33.6. The fourth-order valence-electron chi connectivity index (χ4n) is 2.85. The second-order valence-electron chi connectivity index (χ2n) is 5.02. The Hall–Kier alpha value is -1.19. The van der Waals surface area contributed by atoms with Crippen LogP contribution in [0.25, 0.3) is 0 Å². The lowest BCUT2D eigenvalue weighted by atomic mass is 9.75. The summed E-state index contributed by atoms with van der Waals surface area (Å²) in [6, 6.07) is 0. The third kappa shape index (κ3) is 2.49. The number of carbonyl (C=O) groups excluding carboxylic acids is 1. The van der Waals surface area contributed by atoms with E-state index in [1.54, 1.807) is 13.0 Å². The van der Waals surface area contributed by atoms with Gasteiger partial charge in [-0.2, -0.15) is 0 Å². The van der Waals surface area contributed by atoms with Crippen LogP contribution in [0.4, 0.5) is 0 Å². The number of carbonyl (C=O) groups is 1. The first-order valence-corrected chi connectivity index (χ1v) is 5.64. The van der Waals surface area contributed by atoms with Crippen LogP contribution in [0.1, 0.15) is 33.1 Å². The summed E-state index contributed by atoms with van der Waals surface area (Å²) in [6.45, 7) is 7.19. The molecule has 1 fully saturated rings. The molecule has 0 unspecified atom stereocenters. The van der Waals surface area contributed by atoms with Crippen molar-refractivity contribution in [3.05, 3.63) is 22.8 Å². The maximum absolute atomic E-state index is 11.7. The lowest BCUT2D eigenvalue weighted by molar-refractivity contribution is -0.488. The zero-order valence-electron chi connectivity index (χ0n) is 9.94. The Morgan fingerprint density at radius 1 is 1.69 bits per heavy atom. The SMILES string of the molecule is C=CC[C@H]1C[C@H](C[N+](=O)[O-])C[C@@]1(C)C(C)=O. The highest BCUT2D eigenvalue weighted by Crippen LogP contribution is 2.48. The smallest absolute Gasteiger partial charge is 0.206 e. The van der Waals surface area contributed by atoms with Gasteiger partial charge in [-0.05, 0) is 32.1 Å². The summed E-state index contributed by atoms with van der Waals surface area (Å²) in [7, 11) is 0. The van der Waals surface area contributed by atoms with Crippen molar-refractivity contribution in [2.45, 2.75) is 33.1 Å². The molecule has 0 amide bonds. The number of nitro groups is 1. The van der Waals surface area contributed by atoms with Gasteiger partial charge >= 0.3 is 0 Å². The molecule has 90 valence electrons. The molecule has 4 nitrogen and oxygen atoms in total. The third-order valence-corrected chi connectivity index (χ3v) is 3.89. The minimum atomic E-state index is -0.394. The van der Waals surface area contributed by atoms with E-state index in [0.717, 1.165) is 12.8 Å². The van der Waals surface area contributed by atoms with E-state index in [1.807, 2.05) is 6.92 Å². The molecule has 0 spiro atoms. The van der Waals surface area contributed by atoms with Crippen molar-refractivity contribution in [3.63, 3.8) is 0 Å². The second kappa shape index (κ2) is 4.76. The van der Waals surface area contributed by atoms with Crippen LogP contribution in [0, 0.1) is 27.4 Å². The summed E-state index contributed by atoms with van der Waals surface area (Å²) in [5, 5.41) is 10.5. The Kier molecular flexibility index (Phi) is 3.83. The molecule has 0 radical (unpaired) electrons. The van der Waals surface area contributed by atoms with Crippen LogP contribution in [0.15, 0.2) is 12.7 Å². The lowest BCUT2D eigenvalue weighted by Gasteiger charge is -2.27. The molecular formula is C12H19NO3. The summed E-state index contributed by atoms with van der Waals surface area (Å²) >= 11 is 0. The summed E-state index contributed by atoms with van der Waals surface area (Å²) in [4.78, 5) is 21.9. The van der Waals surface area contributed by atoms with Crippen LogP contribution in [-0.2, 0) is 4.79 Å². The molecule has 3 atom stereocenters. The van der Waals surface area contributed by atoms with Crippen LogP contribution in [0.3, 0.4) is 0 Å². The van der Waals surface area contributed by atoms with E-state index >= 15 is 0 Å². The first kappa shape index (κ1) is 12.9. The maximum atomic E-state index is 11.7. The number of hydrogen-bond acceptors (Lipinski definition) is 3. The first-order valence-electron chi connectivity index (χ1n) is 5.64. The Morgan fingerprint density at radius 3 is 2.75 bits per heavy atom. The minimum Gasteiger partial charge on any atom is -0.299 e. The molecule has 0 aromatic carbocycles. The molecule has 0 saturated heterocycles. The number of nitrogens with zero attached hydrogens (tertiary/aromatic N) is 1. The largest absolute Gasteiger partial charge is 0.299 e. The zero-order chi connectivity index (χ0) is 12.3. The topological polar surface area (TPSA) is 60.2 Å². The fraction of sp³-hybridized carbons (Fsp3) is 0.750. The van der Waals surface area contributed by atoms with Crippen molar-refractivity contribution in [2.24, 2.45) is 17.3 Å². The second-order valence-corrected chi connectivity index (χ2v) is 5.02. The number of rotatable bonds is 5. The Morgan fingerprint density at radius 2 is 2.31 bits per heavy atom. The van der Waals surface area contributed by atoms with Crippen LogP contribution >= 0.6 is 0 Å². The van der Waals surface area contributed by atoms with Gasteiger partial charge in [0.05, 0.1) is 0 Å². The molecule has 4 heteroatoms. The fourth-order valence-corrected chi connectivity index (χ4v) is 2.85. The summed E-state index contributed by atoms with van der Waals surface area (Å²) < 4.78 is 0. The van der Waals surface area contributed by atoms with Gasteiger partial charge in [-0.3, -0.25) is 14.9 Å². The van der Waals surface area contributed by atoms with Gasteiger partial charge in [-0.25, -0.2) is 0 Å². The van der Waals surface area contributed by atoms with E-state index in [1.165, 1.54) is 0 Å². The predicted octanol–water partition coefficient (Wildman–Crippen LogP) is 2.46. The molecule has 0 N–H and O–H groups in total. The molecule has 1 aliphatic rings. The number of ketones is 1. The van der Waals surface area contributed by atoms with E-state index in [9.17, 15) is 14.9 Å². The minimum absolute atomic E-state index is 0.0173. The van der Waals surface area contributed by atoms with Gasteiger partial charge < -0.3 is 0 Å². The number of hydrogen-bond donors (Lipinski definition) is 0. The van der Waals surface area contributed by atoms with Crippen molar-refractivity contribution in [1.82, 2.24) is 0 Å². The maximum Gasteiger partial charge on any atom is 0.206 e. The van der Waals surface area contributed by atoms with Crippen molar-refractivity contribution >= 4 is 5.78 Å². The quantitative estimate of drug-likeness (QED) is 0.410. The van der Waals surface area contributed by atoms with Gasteiger partial charge in [0, 0.05) is 16.3 Å². The first-order chi connectivity index (χ1) is 7.40. The standard InChI is InChI=1S/C12H19NO3/c1-4-5-11-6-10(8-13(15)16)7-12(11,3)9(2)14/h4,10-11H,1,5-8H2,2-3H3/t10-,11-,12-/m0/s1. The van der Waals surface area contributed by atoms with E-state index < -0.39 is 5.41 Å². The highest BCUT2D eigenvalue weighted by molar-refractivity contribution is 5.82.